The highest BCUT2D eigenvalue weighted by atomic mass is 35.5. The van der Waals surface area contributed by atoms with Crippen molar-refractivity contribution >= 4 is 29.7 Å². The molecule has 0 unspecified atom stereocenters. The Labute approximate surface area is 51.1 Å². The van der Waals surface area contributed by atoms with Crippen LogP contribution < -0.4 is 4.99 Å². The molecule has 2 nitrogen and oxygen atoms in total. The van der Waals surface area contributed by atoms with Crippen molar-refractivity contribution in [1.82, 2.24) is 9.41 Å². The largest absolute Gasteiger partial charge is 0.305 e. The molecule has 1 rings (SSSR count). The minimum atomic E-state index is 0.432. The fourth-order valence-corrected chi connectivity index (χ4v) is 0.458. The lowest BCUT2D eigenvalue weighted by molar-refractivity contribution is 0.930. The van der Waals surface area contributed by atoms with Crippen LogP contribution in [0.25, 0.3) is 0 Å². The van der Waals surface area contributed by atoms with Crippen LogP contribution in [0.15, 0.2) is 11.4 Å². The van der Waals surface area contributed by atoms with Crippen LogP contribution in [0.3, 0.4) is 0 Å². The van der Waals surface area contributed by atoms with Gasteiger partial charge in [0.05, 0.1) is 0 Å². The van der Waals surface area contributed by atoms with Crippen LogP contribution in [0.4, 0.5) is 0 Å². The molecule has 1 radical (unpaired) electrons. The highest BCUT2D eigenvalue weighted by Gasteiger charge is 2.15. The molecule has 0 spiro atoms. The van der Waals surface area contributed by atoms with Crippen LogP contribution in [-0.4, -0.2) is 10.8 Å². The van der Waals surface area contributed by atoms with E-state index in [4.69, 9.17) is 23.4 Å². The third-order valence-corrected chi connectivity index (χ3v) is 1.19. The Morgan fingerprint density at radius 1 is 1.71 bits per heavy atom. The van der Waals surface area contributed by atoms with E-state index in [1.54, 1.807) is 0 Å². The van der Waals surface area contributed by atoms with Gasteiger partial charge < -0.3 is 0 Å². The number of halogens is 2. The molecule has 0 bridgehead atoms. The molecule has 1 aliphatic rings. The first kappa shape index (κ1) is 4.94. The highest BCUT2D eigenvalue weighted by Crippen LogP contribution is 2.10. The van der Waals surface area contributed by atoms with Gasteiger partial charge in [-0.15, -0.1) is 4.42 Å². The summed E-state index contributed by atoms with van der Waals surface area (Å²) in [4.78, 5) is 3.62. The van der Waals surface area contributed by atoms with Crippen molar-refractivity contribution in [3.63, 3.8) is 0 Å². The van der Waals surface area contributed by atoms with Gasteiger partial charge in [0.1, 0.15) is 11.8 Å². The molecule has 0 aromatic heterocycles. The number of aliphatic imine (C=N–C) groups is 1. The molecule has 0 fully saturated rings. The lowest BCUT2D eigenvalue weighted by atomic mass is 10.9. The first-order valence-electron chi connectivity index (χ1n) is 1.64. The van der Waals surface area contributed by atoms with Crippen LogP contribution in [0.2, 0.25) is 0 Å². The van der Waals surface area contributed by atoms with Gasteiger partial charge in [-0.05, 0) is 11.6 Å². The van der Waals surface area contributed by atoms with Gasteiger partial charge in [-0.3, -0.25) is 0 Å². The maximum absolute atomic E-state index is 5.39. The van der Waals surface area contributed by atoms with Crippen LogP contribution in [0.1, 0.15) is 0 Å². The summed E-state index contributed by atoms with van der Waals surface area (Å²) < 4.78 is 1.21. The van der Waals surface area contributed by atoms with E-state index in [1.807, 2.05) is 0 Å². The Balaban J connectivity index is 2.69. The quantitative estimate of drug-likeness (QED) is 0.357. The normalized spacial score (nSPS) is 18.0. The second-order valence-electron chi connectivity index (χ2n) is 1.03. The SMILES string of the molecule is ClC1=C[N+]=CN1Cl. The first-order chi connectivity index (χ1) is 3.30. The van der Waals surface area contributed by atoms with Gasteiger partial charge in [0, 0.05) is 0 Å². The molecule has 0 atom stereocenters. The van der Waals surface area contributed by atoms with E-state index in [0.717, 1.165) is 0 Å². The molecule has 0 aromatic rings. The van der Waals surface area contributed by atoms with E-state index >= 15 is 0 Å². The van der Waals surface area contributed by atoms with Crippen LogP contribution >= 0.6 is 23.4 Å². The molecule has 0 aliphatic carbocycles. The smallest absolute Gasteiger partial charge is 0.112 e. The number of nitrogens with zero attached hydrogens (tertiary/aromatic N) is 2. The standard InChI is InChI=1S/C3H2Cl2N2/c4-3-1-6-2-7(3)5/h1-2H/q+1. The second-order valence-corrected chi connectivity index (χ2v) is 1.78. The fourth-order valence-electron chi connectivity index (χ4n) is 0.264. The average molecular weight is 137 g/mol. The summed E-state index contributed by atoms with van der Waals surface area (Å²) in [6.45, 7) is 0. The molecule has 0 aromatic carbocycles. The Morgan fingerprint density at radius 2 is 2.43 bits per heavy atom. The minimum absolute atomic E-state index is 0.432. The van der Waals surface area contributed by atoms with Crippen molar-refractivity contribution in [3.05, 3.63) is 11.4 Å². The number of hydrogen-bond donors (Lipinski definition) is 0. The zero-order chi connectivity index (χ0) is 5.28. The Hall–Kier alpha value is -0.210. The van der Waals surface area contributed by atoms with E-state index in [-0.39, 0.29) is 0 Å². The predicted molar refractivity (Wildman–Crippen MR) is 29.8 cm³/mol. The molecule has 0 saturated heterocycles. The zero-order valence-corrected chi connectivity index (χ0v) is 4.82. The van der Waals surface area contributed by atoms with E-state index < -0.39 is 0 Å². The highest BCUT2D eigenvalue weighted by molar-refractivity contribution is 6.35. The first-order valence-corrected chi connectivity index (χ1v) is 2.36. The molecule has 0 saturated carbocycles. The van der Waals surface area contributed by atoms with Crippen molar-refractivity contribution in [3.8, 4) is 0 Å². The molecule has 37 valence electrons. The van der Waals surface area contributed by atoms with E-state index in [9.17, 15) is 0 Å². The Kier molecular flexibility index (Phi) is 1.21. The molecule has 0 N–H and O–H groups in total. The lowest BCUT2D eigenvalue weighted by Crippen LogP contribution is -1.99. The summed E-state index contributed by atoms with van der Waals surface area (Å²) in [6.07, 6.45) is 2.89. The van der Waals surface area contributed by atoms with Crippen LogP contribution in [-0.2, 0) is 0 Å². The summed E-state index contributed by atoms with van der Waals surface area (Å²) >= 11 is 10.7. The Bertz CT molecular complexity index is 129. The van der Waals surface area contributed by atoms with E-state index in [0.29, 0.717) is 5.16 Å². The van der Waals surface area contributed by atoms with Crippen LogP contribution in [0.5, 0.6) is 0 Å². The summed E-state index contributed by atoms with van der Waals surface area (Å²) in [5.74, 6) is 0. The van der Waals surface area contributed by atoms with Gasteiger partial charge in [-0.1, -0.05) is 4.99 Å². The topological polar surface area (TPSA) is 17.3 Å². The molecule has 0 amide bonds. The van der Waals surface area contributed by atoms with Crippen LogP contribution in [0, 0.1) is 0 Å². The molecule has 4 heteroatoms. The number of rotatable bonds is 0. The summed E-state index contributed by atoms with van der Waals surface area (Å²) in [5, 5.41) is 0.432. The van der Waals surface area contributed by atoms with Gasteiger partial charge in [-0.25, -0.2) is 0 Å². The van der Waals surface area contributed by atoms with Crippen molar-refractivity contribution in [2.24, 2.45) is 0 Å². The van der Waals surface area contributed by atoms with Gasteiger partial charge >= 0.3 is 6.34 Å². The summed E-state index contributed by atoms with van der Waals surface area (Å²) in [7, 11) is 0. The predicted octanol–water partition coefficient (Wildman–Crippen LogP) is 0.858. The fraction of sp³-hybridized carbons (Fsp3) is 0. The number of hydrogen-bond acceptors (Lipinski definition) is 2. The molecular weight excluding hydrogens is 135 g/mol. The van der Waals surface area contributed by atoms with E-state index in [2.05, 4.69) is 4.99 Å². The average Bonchev–Trinajstić information content (AvgIpc) is 1.91. The van der Waals surface area contributed by atoms with Gasteiger partial charge in [0.25, 0.3) is 5.16 Å². The van der Waals surface area contributed by atoms with E-state index in [1.165, 1.54) is 17.0 Å². The third kappa shape index (κ3) is 0.868. The molecular formula is C3H2Cl2N2+. The maximum Gasteiger partial charge on any atom is 0.305 e. The lowest BCUT2D eigenvalue weighted by Gasteiger charge is -1.85. The zero-order valence-electron chi connectivity index (χ0n) is 3.31. The van der Waals surface area contributed by atoms with Gasteiger partial charge in [0.2, 0.25) is 0 Å². The third-order valence-electron chi connectivity index (χ3n) is 0.553. The monoisotopic (exact) mass is 136 g/mol. The van der Waals surface area contributed by atoms with Gasteiger partial charge in [-0.2, -0.15) is 0 Å². The summed E-state index contributed by atoms with van der Waals surface area (Å²) in [5.41, 5.74) is 0. The minimum Gasteiger partial charge on any atom is -0.112 e. The second kappa shape index (κ2) is 1.72. The van der Waals surface area contributed by atoms with Gasteiger partial charge in [0.15, 0.2) is 6.20 Å². The van der Waals surface area contributed by atoms with Crippen molar-refractivity contribution in [2.45, 2.75) is 0 Å². The molecule has 7 heavy (non-hydrogen) atoms. The molecule has 1 heterocycles. The summed E-state index contributed by atoms with van der Waals surface area (Å²) in [6, 6.07) is 0. The molecule has 1 aliphatic heterocycles. The maximum atomic E-state index is 5.39. The Morgan fingerprint density at radius 3 is 2.57 bits per heavy atom. The van der Waals surface area contributed by atoms with Crippen molar-refractivity contribution < 1.29 is 0 Å². The van der Waals surface area contributed by atoms with Crippen molar-refractivity contribution in [1.29, 1.82) is 0 Å². The van der Waals surface area contributed by atoms with Crippen molar-refractivity contribution in [2.75, 3.05) is 0 Å².